The van der Waals surface area contributed by atoms with Gasteiger partial charge in [0.25, 0.3) is 0 Å². The molecule has 0 aliphatic carbocycles. The number of hydrogen-bond donors (Lipinski definition) is 0. The maximum Gasteiger partial charge on any atom is 0.129 e. The summed E-state index contributed by atoms with van der Waals surface area (Å²) in [5.74, 6) is 19.2. The molecule has 1 aromatic carbocycles. The van der Waals surface area contributed by atoms with Crippen LogP contribution in [0.3, 0.4) is 0 Å². The van der Waals surface area contributed by atoms with E-state index < -0.39 is 16.1 Å². The van der Waals surface area contributed by atoms with Crippen molar-refractivity contribution in [1.29, 1.82) is 0 Å². The molecule has 6 heteroatoms. The summed E-state index contributed by atoms with van der Waals surface area (Å²) in [4.78, 5) is 18.9. The smallest absolute Gasteiger partial charge is 0.129 e. The summed E-state index contributed by atoms with van der Waals surface area (Å²) in [5.41, 5.74) is 14.5. The minimum absolute atomic E-state index is 0.677. The van der Waals surface area contributed by atoms with Gasteiger partial charge >= 0.3 is 0 Å². The van der Waals surface area contributed by atoms with Crippen molar-refractivity contribution in [3.8, 4) is 69.4 Å². The lowest BCUT2D eigenvalue weighted by molar-refractivity contribution is 1.21. The van der Waals surface area contributed by atoms with Gasteiger partial charge in [0.1, 0.15) is 38.9 Å². The molecule has 5 aromatic rings. The standard InChI is InChI=1S/C40H34N4Si2/c1-45(2,3)29-27-35-13-9-17-39(43-35)37-15-7-11-33(41-37)25-23-31-19-21-32(22-20-31)24-26-34-12-8-16-38(42-34)40-18-10-14-36(44-40)28-30-46(4,5)6/h7-22H,1-6H3. The fourth-order valence-electron chi connectivity index (χ4n) is 4.00. The Hall–Kier alpha value is -5.51. The molecule has 0 aliphatic heterocycles. The van der Waals surface area contributed by atoms with Crippen LogP contribution >= 0.6 is 0 Å². The van der Waals surface area contributed by atoms with Crippen LogP contribution in [0.1, 0.15) is 33.9 Å². The van der Waals surface area contributed by atoms with E-state index in [4.69, 9.17) is 19.9 Å². The molecule has 0 atom stereocenters. The number of hydrogen-bond acceptors (Lipinski definition) is 4. The lowest BCUT2D eigenvalue weighted by Crippen LogP contribution is -2.16. The Kier molecular flexibility index (Phi) is 9.76. The highest BCUT2D eigenvalue weighted by atomic mass is 28.3. The molecule has 0 radical (unpaired) electrons. The van der Waals surface area contributed by atoms with Crippen LogP contribution in [0.25, 0.3) is 22.8 Å². The number of pyridine rings is 4. The summed E-state index contributed by atoms with van der Waals surface area (Å²) >= 11 is 0. The van der Waals surface area contributed by atoms with Crippen molar-refractivity contribution in [2.45, 2.75) is 39.3 Å². The average molecular weight is 627 g/mol. The zero-order valence-electron chi connectivity index (χ0n) is 27.0. The summed E-state index contributed by atoms with van der Waals surface area (Å²) in [6.45, 7) is 13.3. The molecule has 4 heterocycles. The Bertz CT molecular complexity index is 1990. The summed E-state index contributed by atoms with van der Waals surface area (Å²) < 4.78 is 0. The normalized spacial score (nSPS) is 10.6. The molecule has 5 rings (SSSR count). The quantitative estimate of drug-likeness (QED) is 0.148. The third-order valence-electron chi connectivity index (χ3n) is 6.21. The van der Waals surface area contributed by atoms with Gasteiger partial charge in [-0.1, -0.05) is 87.2 Å². The molecule has 4 aromatic heterocycles. The first-order chi connectivity index (χ1) is 22.0. The summed E-state index contributed by atoms with van der Waals surface area (Å²) in [7, 11) is -2.97. The molecule has 0 saturated heterocycles. The van der Waals surface area contributed by atoms with Crippen LogP contribution in [0.15, 0.2) is 97.1 Å². The van der Waals surface area contributed by atoms with Gasteiger partial charge in [-0.3, -0.25) is 0 Å². The van der Waals surface area contributed by atoms with Gasteiger partial charge in [0.15, 0.2) is 0 Å². The van der Waals surface area contributed by atoms with Gasteiger partial charge in [-0.2, -0.15) is 0 Å². The molecule has 0 saturated carbocycles. The Morgan fingerprint density at radius 1 is 0.348 bits per heavy atom. The van der Waals surface area contributed by atoms with Gasteiger partial charge in [0.2, 0.25) is 0 Å². The van der Waals surface area contributed by atoms with Crippen LogP contribution in [0, 0.1) is 46.6 Å². The van der Waals surface area contributed by atoms with Crippen LogP contribution in [-0.4, -0.2) is 36.1 Å². The van der Waals surface area contributed by atoms with E-state index in [1.165, 1.54) is 0 Å². The molecular weight excluding hydrogens is 593 g/mol. The van der Waals surface area contributed by atoms with Crippen molar-refractivity contribution in [1.82, 2.24) is 19.9 Å². The monoisotopic (exact) mass is 626 g/mol. The van der Waals surface area contributed by atoms with Crippen LogP contribution < -0.4 is 0 Å². The van der Waals surface area contributed by atoms with Crippen molar-refractivity contribution < 1.29 is 0 Å². The zero-order chi connectivity index (χ0) is 32.6. The summed E-state index contributed by atoms with van der Waals surface area (Å²) in [5, 5.41) is 0. The predicted octanol–water partition coefficient (Wildman–Crippen LogP) is 7.86. The van der Waals surface area contributed by atoms with Crippen LogP contribution in [0.5, 0.6) is 0 Å². The first-order valence-corrected chi connectivity index (χ1v) is 22.1. The Labute approximate surface area is 274 Å². The fraction of sp³-hybridized carbons (Fsp3) is 0.150. The van der Waals surface area contributed by atoms with E-state index in [9.17, 15) is 0 Å². The Morgan fingerprint density at radius 2 is 0.630 bits per heavy atom. The lowest BCUT2D eigenvalue weighted by atomic mass is 10.1. The number of aromatic nitrogens is 4. The maximum atomic E-state index is 4.73. The second-order valence-corrected chi connectivity index (χ2v) is 22.2. The SMILES string of the molecule is C[Si](C)(C)C#Cc1cccc(-c2cccc(C#Cc3ccc(C#Cc4cccc(-c5cccc(C#C[Si](C)(C)C)n5)n4)cc3)n2)n1. The van der Waals surface area contributed by atoms with Crippen LogP contribution in [0.2, 0.25) is 39.3 Å². The second kappa shape index (κ2) is 14.1. The zero-order valence-corrected chi connectivity index (χ0v) is 29.0. The molecule has 0 unspecified atom stereocenters. The van der Waals surface area contributed by atoms with Crippen molar-refractivity contribution in [2.24, 2.45) is 0 Å². The Morgan fingerprint density at radius 3 is 0.913 bits per heavy atom. The first-order valence-electron chi connectivity index (χ1n) is 15.1. The molecule has 222 valence electrons. The highest BCUT2D eigenvalue weighted by Crippen LogP contribution is 2.17. The molecule has 0 spiro atoms. The van der Waals surface area contributed by atoms with Gasteiger partial charge in [-0.05, 0) is 84.6 Å². The predicted molar refractivity (Wildman–Crippen MR) is 194 cm³/mol. The Balaban J connectivity index is 1.28. The van der Waals surface area contributed by atoms with Crippen molar-refractivity contribution >= 4 is 16.1 Å². The van der Waals surface area contributed by atoms with E-state index >= 15 is 0 Å². The summed E-state index contributed by atoms with van der Waals surface area (Å²) in [6.07, 6.45) is 0. The average Bonchev–Trinajstić information content (AvgIpc) is 3.05. The van der Waals surface area contributed by atoms with E-state index in [2.05, 4.69) is 85.9 Å². The van der Waals surface area contributed by atoms with E-state index in [1.54, 1.807) is 0 Å². The lowest BCUT2D eigenvalue weighted by Gasteiger charge is -2.04. The fourth-order valence-corrected chi connectivity index (χ4v) is 5.01. The maximum absolute atomic E-state index is 4.73. The second-order valence-electron chi connectivity index (χ2n) is 12.7. The van der Waals surface area contributed by atoms with Gasteiger partial charge in [0, 0.05) is 11.1 Å². The van der Waals surface area contributed by atoms with Crippen molar-refractivity contribution in [3.05, 3.63) is 131 Å². The largest absolute Gasteiger partial charge is 0.238 e. The number of rotatable bonds is 2. The van der Waals surface area contributed by atoms with Gasteiger partial charge in [0.05, 0.1) is 22.8 Å². The molecule has 0 N–H and O–H groups in total. The van der Waals surface area contributed by atoms with E-state index in [0.717, 1.165) is 45.3 Å². The molecule has 4 nitrogen and oxygen atoms in total. The third-order valence-corrected chi connectivity index (χ3v) is 7.96. The topological polar surface area (TPSA) is 51.6 Å². The highest BCUT2D eigenvalue weighted by Gasteiger charge is 2.09. The van der Waals surface area contributed by atoms with Gasteiger partial charge in [-0.15, -0.1) is 11.1 Å². The van der Waals surface area contributed by atoms with Gasteiger partial charge < -0.3 is 0 Å². The van der Waals surface area contributed by atoms with E-state index in [0.29, 0.717) is 11.4 Å². The number of benzene rings is 1. The molecule has 0 fully saturated rings. The molecule has 0 aliphatic rings. The minimum Gasteiger partial charge on any atom is -0.238 e. The molecule has 0 amide bonds. The third kappa shape index (κ3) is 9.75. The molecule has 0 bridgehead atoms. The first kappa shape index (κ1) is 31.9. The molecule has 46 heavy (non-hydrogen) atoms. The highest BCUT2D eigenvalue weighted by molar-refractivity contribution is 6.84. The van der Waals surface area contributed by atoms with E-state index in [1.807, 2.05) is 97.1 Å². The van der Waals surface area contributed by atoms with Crippen LogP contribution in [-0.2, 0) is 0 Å². The van der Waals surface area contributed by atoms with Crippen molar-refractivity contribution in [3.63, 3.8) is 0 Å². The molecular formula is C40H34N4Si2. The summed E-state index contributed by atoms with van der Waals surface area (Å²) in [6, 6.07) is 31.1. The van der Waals surface area contributed by atoms with Crippen molar-refractivity contribution in [2.75, 3.05) is 0 Å². The minimum atomic E-state index is -1.48. The van der Waals surface area contributed by atoms with Crippen LogP contribution in [0.4, 0.5) is 0 Å². The van der Waals surface area contributed by atoms with Gasteiger partial charge in [-0.25, -0.2) is 19.9 Å². The number of nitrogens with zero attached hydrogens (tertiary/aromatic N) is 4. The van der Waals surface area contributed by atoms with E-state index in [-0.39, 0.29) is 0 Å².